The van der Waals surface area contributed by atoms with Gasteiger partial charge in [0, 0.05) is 0 Å². The molecule has 0 aliphatic heterocycles. The number of hydrogen-bond acceptors (Lipinski definition) is 0. The molecule has 8 heavy (non-hydrogen) atoms. The van der Waals surface area contributed by atoms with Gasteiger partial charge in [-0.2, -0.15) is 0 Å². The van der Waals surface area contributed by atoms with E-state index in [4.69, 9.17) is 0 Å². The molecule has 0 aromatic carbocycles. The molecule has 0 rings (SSSR count). The minimum Gasteiger partial charge on any atom is -2.00 e. The van der Waals surface area contributed by atoms with Gasteiger partial charge in [0.25, 0.3) is 0 Å². The quantitative estimate of drug-likeness (QED) is 0.535. The Balaban J connectivity index is 0. The van der Waals surface area contributed by atoms with Crippen LogP contribution in [0.3, 0.4) is 0 Å². The van der Waals surface area contributed by atoms with E-state index in [1.807, 2.05) is 0 Å². The van der Waals surface area contributed by atoms with Gasteiger partial charge in [-0.3, -0.25) is 0 Å². The summed E-state index contributed by atoms with van der Waals surface area (Å²) in [6, 6.07) is 0. The Labute approximate surface area is 89.7 Å². The van der Waals surface area contributed by atoms with Gasteiger partial charge in [0.15, 0.2) is 0 Å². The van der Waals surface area contributed by atoms with Gasteiger partial charge < -0.3 is 21.9 Å². The Morgan fingerprint density at radius 2 is 0.250 bits per heavy atom. The molecule has 0 bridgehead atoms. The van der Waals surface area contributed by atoms with Gasteiger partial charge in [-0.1, -0.05) is 0 Å². The first-order valence-corrected chi connectivity index (χ1v) is 0. The number of hydrogen-bond donors (Lipinski definition) is 0. The molecule has 0 saturated carbocycles. The first kappa shape index (κ1) is 214. The van der Waals surface area contributed by atoms with E-state index in [1.54, 1.807) is 0 Å². The Morgan fingerprint density at radius 3 is 0.250 bits per heavy atom. The predicted octanol–water partition coefficient (Wildman–Crippen LogP) is -0.485. The molecule has 0 N–H and O–H groups in total. The van der Waals surface area contributed by atoms with Crippen molar-refractivity contribution in [3.05, 3.63) is 0 Å². The summed E-state index contributed by atoms with van der Waals surface area (Å²) in [5.74, 6) is 0. The van der Waals surface area contributed by atoms with Crippen molar-refractivity contribution >= 4 is 0 Å². The van der Waals surface area contributed by atoms with Crippen LogP contribution in [0.2, 0.25) is 0 Å². The van der Waals surface area contributed by atoms with Crippen LogP contribution in [-0.4, -0.2) is 0 Å². The molecule has 4 nitrogen and oxygen atoms in total. The SMILES string of the molecule is [Fe+2].[Fe+2].[Fe+2].[Fe+2].[O-2].[O-2].[O-2].[O-2]. The summed E-state index contributed by atoms with van der Waals surface area (Å²) in [5, 5.41) is 0. The first-order chi connectivity index (χ1) is 0. The van der Waals surface area contributed by atoms with Gasteiger partial charge in [0.2, 0.25) is 0 Å². The van der Waals surface area contributed by atoms with E-state index in [1.165, 1.54) is 0 Å². The second-order valence-corrected chi connectivity index (χ2v) is 0. The van der Waals surface area contributed by atoms with Crippen LogP contribution in [0.4, 0.5) is 0 Å². The van der Waals surface area contributed by atoms with Gasteiger partial charge in [-0.05, 0) is 0 Å². The maximum atomic E-state index is 0. The molecule has 0 aromatic heterocycles. The summed E-state index contributed by atoms with van der Waals surface area (Å²) in [6.07, 6.45) is 0. The van der Waals surface area contributed by atoms with Crippen LogP contribution in [0, 0.1) is 0 Å². The van der Waals surface area contributed by atoms with E-state index < -0.39 is 0 Å². The van der Waals surface area contributed by atoms with Crippen LogP contribution in [0.1, 0.15) is 0 Å². The predicted molar refractivity (Wildman–Crippen MR) is 2.75 cm³/mol. The fourth-order valence-corrected chi connectivity index (χ4v) is 0. The monoisotopic (exact) mass is 288 g/mol. The van der Waals surface area contributed by atoms with E-state index in [0.29, 0.717) is 0 Å². The van der Waals surface area contributed by atoms with Crippen molar-refractivity contribution in [3.63, 3.8) is 0 Å². The van der Waals surface area contributed by atoms with Gasteiger partial charge in [0.1, 0.15) is 0 Å². The third-order valence-electron chi connectivity index (χ3n) is 0. The molecule has 56 valence electrons. The molecular weight excluding hydrogens is 287 g/mol. The average Bonchev–Trinajstić information content (AvgIpc) is 0. The van der Waals surface area contributed by atoms with Crippen LogP contribution in [0.25, 0.3) is 0 Å². The third kappa shape index (κ3) is 103. The van der Waals surface area contributed by atoms with Crippen molar-refractivity contribution in [1.82, 2.24) is 0 Å². The molecule has 0 aliphatic rings. The molecule has 0 radical (unpaired) electrons. The second kappa shape index (κ2) is 152. The topological polar surface area (TPSA) is 114 Å². The van der Waals surface area contributed by atoms with Gasteiger partial charge >= 0.3 is 68.3 Å². The van der Waals surface area contributed by atoms with E-state index in [0.717, 1.165) is 0 Å². The molecular formula is Fe4O4. The summed E-state index contributed by atoms with van der Waals surface area (Å²) in [5.41, 5.74) is 0. The Bertz CT molecular complexity index is 8.00. The number of rotatable bonds is 0. The minimum atomic E-state index is 0. The summed E-state index contributed by atoms with van der Waals surface area (Å²) >= 11 is 0. The van der Waals surface area contributed by atoms with Crippen LogP contribution in [0.15, 0.2) is 0 Å². The maximum Gasteiger partial charge on any atom is 2.00 e. The molecule has 0 spiro atoms. The van der Waals surface area contributed by atoms with Crippen LogP contribution in [0.5, 0.6) is 0 Å². The molecule has 0 unspecified atom stereocenters. The van der Waals surface area contributed by atoms with E-state index in [-0.39, 0.29) is 90.2 Å². The zero-order valence-corrected chi connectivity index (χ0v) is 7.46. The Kier molecular flexibility index (Phi) is 4070. The van der Waals surface area contributed by atoms with Gasteiger partial charge in [0.05, 0.1) is 0 Å². The van der Waals surface area contributed by atoms with Gasteiger partial charge in [-0.15, -0.1) is 0 Å². The molecule has 0 aromatic rings. The van der Waals surface area contributed by atoms with Crippen molar-refractivity contribution in [3.8, 4) is 0 Å². The van der Waals surface area contributed by atoms with Crippen molar-refractivity contribution < 1.29 is 90.2 Å². The Morgan fingerprint density at radius 1 is 0.250 bits per heavy atom. The van der Waals surface area contributed by atoms with Gasteiger partial charge in [-0.25, -0.2) is 0 Å². The summed E-state index contributed by atoms with van der Waals surface area (Å²) in [4.78, 5) is 0. The van der Waals surface area contributed by atoms with E-state index >= 15 is 0 Å². The zero-order chi connectivity index (χ0) is 0. The van der Waals surface area contributed by atoms with E-state index in [2.05, 4.69) is 0 Å². The van der Waals surface area contributed by atoms with Crippen LogP contribution >= 0.6 is 0 Å². The standard InChI is InChI=1S/4Fe.4O/q4*+2;4*-2. The normalized spacial score (nSPS) is 0. The zero-order valence-electron chi connectivity index (χ0n) is 3.05. The molecule has 0 fully saturated rings. The largest absolute Gasteiger partial charge is 2.00 e. The summed E-state index contributed by atoms with van der Waals surface area (Å²) in [7, 11) is 0. The average molecular weight is 287 g/mol. The van der Waals surface area contributed by atoms with Crippen molar-refractivity contribution in [2.24, 2.45) is 0 Å². The molecule has 0 saturated heterocycles. The molecule has 8 heteroatoms. The second-order valence-electron chi connectivity index (χ2n) is 0. The minimum absolute atomic E-state index is 0. The summed E-state index contributed by atoms with van der Waals surface area (Å²) in [6.45, 7) is 0. The van der Waals surface area contributed by atoms with Crippen LogP contribution in [-0.2, 0) is 90.2 Å². The molecule has 0 aliphatic carbocycles. The summed E-state index contributed by atoms with van der Waals surface area (Å²) < 4.78 is 0. The van der Waals surface area contributed by atoms with Crippen molar-refractivity contribution in [1.29, 1.82) is 0 Å². The fourth-order valence-electron chi connectivity index (χ4n) is 0. The Hall–Kier alpha value is 1.92. The van der Waals surface area contributed by atoms with Crippen molar-refractivity contribution in [2.75, 3.05) is 0 Å². The molecule has 0 atom stereocenters. The van der Waals surface area contributed by atoms with E-state index in [9.17, 15) is 0 Å². The molecule has 0 amide bonds. The smallest absolute Gasteiger partial charge is 2.00 e. The molecule has 0 heterocycles. The van der Waals surface area contributed by atoms with Crippen LogP contribution < -0.4 is 0 Å². The fraction of sp³-hybridized carbons (Fsp3) is 0. The maximum absolute atomic E-state index is 0. The van der Waals surface area contributed by atoms with Crippen molar-refractivity contribution in [2.45, 2.75) is 0 Å². The third-order valence-corrected chi connectivity index (χ3v) is 0. The first-order valence-electron chi connectivity index (χ1n) is 0.